The fraction of sp³-hybridized carbons (Fsp3) is 0.944. The Morgan fingerprint density at radius 3 is 2.42 bits per heavy atom. The van der Waals surface area contributed by atoms with Gasteiger partial charge in [-0.2, -0.15) is 13.2 Å². The van der Waals surface area contributed by atoms with Gasteiger partial charge in [0.2, 0.25) is 0 Å². The average molecular weight is 374 g/mol. The third-order valence-electron chi connectivity index (χ3n) is 6.36. The Balaban J connectivity index is 1.32. The van der Waals surface area contributed by atoms with Crippen LogP contribution in [0.5, 0.6) is 0 Å². The number of rotatable bonds is 4. The number of nitrogens with one attached hydrogen (secondary N) is 1. The second-order valence-electron chi connectivity index (χ2n) is 8.22. The van der Waals surface area contributed by atoms with Crippen molar-refractivity contribution in [2.75, 3.05) is 45.8 Å². The minimum Gasteiger partial charge on any atom is -0.374 e. The molecule has 8 heteroatoms. The van der Waals surface area contributed by atoms with Crippen molar-refractivity contribution < 1.29 is 17.9 Å². The van der Waals surface area contributed by atoms with Crippen molar-refractivity contribution in [1.82, 2.24) is 15.1 Å². The molecular weight excluding hydrogens is 345 g/mol. The zero-order valence-corrected chi connectivity index (χ0v) is 15.3. The van der Waals surface area contributed by atoms with Gasteiger partial charge in [-0.05, 0) is 38.6 Å². The number of fused-ring (bicyclic) bond motifs is 5. The molecule has 26 heavy (non-hydrogen) atoms. The number of hydrogen-bond acceptors (Lipinski definition) is 3. The van der Waals surface area contributed by atoms with Gasteiger partial charge in [-0.15, -0.1) is 0 Å². The highest BCUT2D eigenvalue weighted by Crippen LogP contribution is 2.47. The minimum atomic E-state index is -4.11. The van der Waals surface area contributed by atoms with Gasteiger partial charge >= 0.3 is 6.18 Å². The summed E-state index contributed by atoms with van der Waals surface area (Å²) in [6.45, 7) is 5.65. The van der Waals surface area contributed by atoms with Crippen LogP contribution in [0.25, 0.3) is 0 Å². The van der Waals surface area contributed by atoms with E-state index in [0.717, 1.165) is 32.0 Å². The summed E-state index contributed by atoms with van der Waals surface area (Å²) in [5.74, 6) is 2.38. The monoisotopic (exact) mass is 374 g/mol. The number of guanidine groups is 1. The van der Waals surface area contributed by atoms with Crippen molar-refractivity contribution in [3.05, 3.63) is 0 Å². The topological polar surface area (TPSA) is 40.1 Å². The number of hydrogen-bond donors (Lipinski definition) is 1. The molecule has 5 nitrogen and oxygen atoms in total. The first kappa shape index (κ1) is 18.3. The van der Waals surface area contributed by atoms with Crippen LogP contribution in [-0.2, 0) is 4.74 Å². The molecule has 4 heterocycles. The van der Waals surface area contributed by atoms with Crippen molar-refractivity contribution >= 4 is 5.96 Å². The van der Waals surface area contributed by atoms with Crippen molar-refractivity contribution in [2.24, 2.45) is 22.7 Å². The standard InChI is InChI=1S/C18H29F3N4O/c1-2-22-17(23-7-12-5-6-24(8-12)11-18(19,20)21)25-9-13-14(10-25)16-4-3-15(13)26-16/h12-16H,2-11H2,1H3,(H,22,23). The molecule has 5 unspecified atom stereocenters. The van der Waals surface area contributed by atoms with Crippen LogP contribution in [0.2, 0.25) is 0 Å². The fourth-order valence-electron chi connectivity index (χ4n) is 5.23. The summed E-state index contributed by atoms with van der Waals surface area (Å²) in [7, 11) is 0. The third kappa shape index (κ3) is 3.81. The SMILES string of the molecule is CCNC(=NCC1CCN(CC(F)(F)F)C1)N1CC2C3CCC(O3)C2C1. The molecule has 0 spiro atoms. The molecule has 4 aliphatic rings. The molecule has 4 fully saturated rings. The number of nitrogens with zero attached hydrogens (tertiary/aromatic N) is 3. The van der Waals surface area contributed by atoms with E-state index in [1.165, 1.54) is 17.7 Å². The summed E-state index contributed by atoms with van der Waals surface area (Å²) in [4.78, 5) is 8.63. The van der Waals surface area contributed by atoms with Gasteiger partial charge in [-0.3, -0.25) is 9.89 Å². The first-order valence-corrected chi connectivity index (χ1v) is 9.90. The van der Waals surface area contributed by atoms with Crippen LogP contribution in [-0.4, -0.2) is 80.0 Å². The predicted molar refractivity (Wildman–Crippen MR) is 93.0 cm³/mol. The zero-order chi connectivity index (χ0) is 18.3. The Bertz CT molecular complexity index is 523. The molecule has 1 N–H and O–H groups in total. The van der Waals surface area contributed by atoms with E-state index in [1.54, 1.807) is 0 Å². The normalized spacial score (nSPS) is 37.6. The van der Waals surface area contributed by atoms with Crippen molar-refractivity contribution in [3.63, 3.8) is 0 Å². The first-order chi connectivity index (χ1) is 12.4. The lowest BCUT2D eigenvalue weighted by molar-refractivity contribution is -0.143. The molecule has 148 valence electrons. The van der Waals surface area contributed by atoms with E-state index < -0.39 is 12.7 Å². The van der Waals surface area contributed by atoms with Gasteiger partial charge in [0.25, 0.3) is 0 Å². The molecule has 0 aromatic carbocycles. The number of alkyl halides is 3. The second-order valence-corrected chi connectivity index (χ2v) is 8.22. The van der Waals surface area contributed by atoms with E-state index in [1.807, 2.05) is 0 Å². The maximum atomic E-state index is 12.5. The highest BCUT2D eigenvalue weighted by molar-refractivity contribution is 5.80. The van der Waals surface area contributed by atoms with Crippen LogP contribution < -0.4 is 5.32 Å². The third-order valence-corrected chi connectivity index (χ3v) is 6.36. The van der Waals surface area contributed by atoms with E-state index in [0.29, 0.717) is 43.7 Å². The smallest absolute Gasteiger partial charge is 0.374 e. The number of ether oxygens (including phenoxy) is 1. The zero-order valence-electron chi connectivity index (χ0n) is 15.3. The van der Waals surface area contributed by atoms with E-state index in [9.17, 15) is 13.2 Å². The molecule has 2 bridgehead atoms. The quantitative estimate of drug-likeness (QED) is 0.603. The van der Waals surface area contributed by atoms with Gasteiger partial charge < -0.3 is 15.0 Å². The van der Waals surface area contributed by atoms with Gasteiger partial charge in [0.1, 0.15) is 0 Å². The summed E-state index contributed by atoms with van der Waals surface area (Å²) >= 11 is 0. The molecule has 4 aliphatic heterocycles. The highest BCUT2D eigenvalue weighted by Gasteiger charge is 2.53. The summed E-state index contributed by atoms with van der Waals surface area (Å²) in [5, 5.41) is 3.38. The average Bonchev–Trinajstić information content (AvgIpc) is 3.31. The Hall–Kier alpha value is -1.02. The summed E-state index contributed by atoms with van der Waals surface area (Å²) < 4.78 is 43.6. The van der Waals surface area contributed by atoms with Crippen LogP contribution in [0.3, 0.4) is 0 Å². The first-order valence-electron chi connectivity index (χ1n) is 9.90. The van der Waals surface area contributed by atoms with Gasteiger partial charge in [-0.1, -0.05) is 0 Å². The van der Waals surface area contributed by atoms with Crippen molar-refractivity contribution in [1.29, 1.82) is 0 Å². The van der Waals surface area contributed by atoms with Gasteiger partial charge in [0, 0.05) is 44.6 Å². The maximum Gasteiger partial charge on any atom is 0.401 e. The molecule has 5 atom stereocenters. The molecule has 0 aliphatic carbocycles. The molecule has 4 saturated heterocycles. The lowest BCUT2D eigenvalue weighted by Gasteiger charge is -2.24. The predicted octanol–water partition coefficient (Wildman–Crippen LogP) is 1.95. The van der Waals surface area contributed by atoms with Crippen LogP contribution in [0.1, 0.15) is 26.2 Å². The molecule has 0 amide bonds. The molecule has 0 aromatic heterocycles. The molecule has 0 aromatic rings. The van der Waals surface area contributed by atoms with Gasteiger partial charge in [0.15, 0.2) is 5.96 Å². The molecule has 4 rings (SSSR count). The van der Waals surface area contributed by atoms with E-state index in [4.69, 9.17) is 9.73 Å². The molecule has 0 radical (unpaired) electrons. The van der Waals surface area contributed by atoms with E-state index in [2.05, 4.69) is 17.1 Å². The Kier molecular flexibility index (Phi) is 5.07. The van der Waals surface area contributed by atoms with Crippen LogP contribution in [0.4, 0.5) is 13.2 Å². The molecular formula is C18H29F3N4O. The second kappa shape index (κ2) is 7.19. The van der Waals surface area contributed by atoms with Crippen LogP contribution in [0, 0.1) is 17.8 Å². The number of likely N-dealkylation sites (tertiary alicyclic amines) is 2. The lowest BCUT2D eigenvalue weighted by Crippen LogP contribution is -2.41. The summed E-state index contributed by atoms with van der Waals surface area (Å²) in [6.07, 6.45) is -0.105. The number of aliphatic imine (C=N–C) groups is 1. The lowest BCUT2D eigenvalue weighted by atomic mass is 9.82. The minimum absolute atomic E-state index is 0.215. The van der Waals surface area contributed by atoms with Crippen molar-refractivity contribution in [2.45, 2.75) is 44.6 Å². The van der Waals surface area contributed by atoms with E-state index >= 15 is 0 Å². The Labute approximate surface area is 152 Å². The molecule has 0 saturated carbocycles. The largest absolute Gasteiger partial charge is 0.401 e. The Morgan fingerprint density at radius 1 is 1.12 bits per heavy atom. The van der Waals surface area contributed by atoms with Crippen LogP contribution in [0.15, 0.2) is 4.99 Å². The summed E-state index contributed by atoms with van der Waals surface area (Å²) in [5.41, 5.74) is 0. The van der Waals surface area contributed by atoms with Crippen molar-refractivity contribution in [3.8, 4) is 0 Å². The fourth-order valence-corrected chi connectivity index (χ4v) is 5.23. The van der Waals surface area contributed by atoms with Gasteiger partial charge in [0.05, 0.1) is 18.8 Å². The van der Waals surface area contributed by atoms with Crippen LogP contribution >= 0.6 is 0 Å². The van der Waals surface area contributed by atoms with Gasteiger partial charge in [-0.25, -0.2) is 0 Å². The van der Waals surface area contributed by atoms with E-state index in [-0.39, 0.29) is 5.92 Å². The maximum absolute atomic E-state index is 12.5. The Morgan fingerprint density at radius 2 is 1.81 bits per heavy atom. The highest BCUT2D eigenvalue weighted by atomic mass is 19.4. The number of halogens is 3. The summed E-state index contributed by atoms with van der Waals surface area (Å²) in [6, 6.07) is 0.